The molecule has 6 heteroatoms. The zero-order valence-corrected chi connectivity index (χ0v) is 17.4. The highest BCUT2D eigenvalue weighted by Gasteiger charge is 2.22. The van der Waals surface area contributed by atoms with Gasteiger partial charge in [-0.25, -0.2) is 0 Å². The van der Waals surface area contributed by atoms with Crippen LogP contribution < -0.4 is 4.74 Å². The maximum Gasteiger partial charge on any atom is 0.146 e. The molecule has 0 radical (unpaired) electrons. The van der Waals surface area contributed by atoms with E-state index >= 15 is 0 Å². The molecular formula is C23H32O6. The average Bonchev–Trinajstić information content (AvgIpc) is 3.57. The Morgan fingerprint density at radius 2 is 1.83 bits per heavy atom. The first-order valence-corrected chi connectivity index (χ1v) is 10.2. The van der Waals surface area contributed by atoms with Crippen LogP contribution in [0.1, 0.15) is 18.4 Å². The first-order chi connectivity index (χ1) is 14.3. The van der Waals surface area contributed by atoms with Gasteiger partial charge in [-0.1, -0.05) is 24.3 Å². The van der Waals surface area contributed by atoms with Gasteiger partial charge < -0.3 is 28.4 Å². The fraction of sp³-hybridized carbons (Fsp3) is 0.565. The van der Waals surface area contributed by atoms with Crippen molar-refractivity contribution in [2.24, 2.45) is 0 Å². The topological polar surface area (TPSA) is 58.7 Å². The molecule has 29 heavy (non-hydrogen) atoms. The molecule has 0 bridgehead atoms. The van der Waals surface area contributed by atoms with E-state index in [0.29, 0.717) is 32.5 Å². The molecule has 0 spiro atoms. The summed E-state index contributed by atoms with van der Waals surface area (Å²) in [4.78, 5) is 0. The molecule has 0 aliphatic carbocycles. The van der Waals surface area contributed by atoms with Gasteiger partial charge in [-0.2, -0.15) is 0 Å². The molecule has 1 aliphatic heterocycles. The van der Waals surface area contributed by atoms with Crippen molar-refractivity contribution < 1.29 is 28.4 Å². The van der Waals surface area contributed by atoms with Crippen LogP contribution in [0.25, 0.3) is 10.8 Å². The summed E-state index contributed by atoms with van der Waals surface area (Å²) in [6, 6.07) is 12.8. The van der Waals surface area contributed by atoms with Crippen molar-refractivity contribution >= 4 is 10.8 Å². The van der Waals surface area contributed by atoms with Gasteiger partial charge in [0.05, 0.1) is 46.2 Å². The smallest absolute Gasteiger partial charge is 0.146 e. The van der Waals surface area contributed by atoms with Gasteiger partial charge in [0, 0.05) is 7.11 Å². The lowest BCUT2D eigenvalue weighted by molar-refractivity contribution is -0.103. The number of hydrogen-bond acceptors (Lipinski definition) is 6. The molecule has 2 aromatic carbocycles. The fourth-order valence-corrected chi connectivity index (χ4v) is 3.18. The van der Waals surface area contributed by atoms with Crippen LogP contribution in [0.15, 0.2) is 36.4 Å². The van der Waals surface area contributed by atoms with Gasteiger partial charge in [-0.3, -0.25) is 0 Å². The molecule has 0 aromatic heterocycles. The van der Waals surface area contributed by atoms with E-state index in [1.807, 2.05) is 6.07 Å². The molecular weight excluding hydrogens is 372 g/mol. The Balaban J connectivity index is 1.39. The van der Waals surface area contributed by atoms with Gasteiger partial charge >= 0.3 is 0 Å². The van der Waals surface area contributed by atoms with E-state index in [0.717, 1.165) is 31.6 Å². The predicted molar refractivity (Wildman–Crippen MR) is 112 cm³/mol. The van der Waals surface area contributed by atoms with E-state index in [1.165, 1.54) is 16.3 Å². The summed E-state index contributed by atoms with van der Waals surface area (Å²) in [5.74, 6) is 0.884. The molecule has 2 aromatic rings. The van der Waals surface area contributed by atoms with Crippen molar-refractivity contribution in [3.05, 3.63) is 42.0 Å². The highest BCUT2D eigenvalue weighted by atomic mass is 16.7. The second-order valence-electron chi connectivity index (χ2n) is 7.24. The van der Waals surface area contributed by atoms with Crippen molar-refractivity contribution in [1.29, 1.82) is 0 Å². The van der Waals surface area contributed by atoms with E-state index in [-0.39, 0.29) is 12.9 Å². The first kappa shape index (κ1) is 22.0. The van der Waals surface area contributed by atoms with Crippen molar-refractivity contribution in [3.63, 3.8) is 0 Å². The Bertz CT molecular complexity index is 730. The number of methoxy groups -OCH3 is 2. The minimum atomic E-state index is 0.0198. The standard InChI is InChI=1S/C23H32O6/c1-24-17-29-22(14-26-10-11-27-15-23-16-28-23)5-3-4-18-6-7-20-13-21(25-2)9-8-19(20)12-18/h6-9,12-13,22-23H,3-5,10-11,14-17H2,1-2H3/t22-,23+/m0/s1. The average molecular weight is 405 g/mol. The van der Waals surface area contributed by atoms with Crippen LogP contribution in [-0.2, 0) is 30.1 Å². The highest BCUT2D eigenvalue weighted by molar-refractivity contribution is 5.84. The molecule has 2 atom stereocenters. The Morgan fingerprint density at radius 1 is 1.03 bits per heavy atom. The van der Waals surface area contributed by atoms with Crippen LogP contribution in [0.3, 0.4) is 0 Å². The molecule has 0 N–H and O–H groups in total. The van der Waals surface area contributed by atoms with E-state index in [2.05, 4.69) is 30.3 Å². The van der Waals surface area contributed by atoms with Crippen molar-refractivity contribution in [2.75, 3.05) is 54.0 Å². The molecule has 0 saturated carbocycles. The van der Waals surface area contributed by atoms with Gasteiger partial charge in [-0.05, 0) is 47.7 Å². The molecule has 0 unspecified atom stereocenters. The van der Waals surface area contributed by atoms with E-state index in [4.69, 9.17) is 28.4 Å². The van der Waals surface area contributed by atoms with Crippen LogP contribution in [-0.4, -0.2) is 66.3 Å². The lowest BCUT2D eigenvalue weighted by atomic mass is 10.0. The molecule has 1 saturated heterocycles. The largest absolute Gasteiger partial charge is 0.497 e. The predicted octanol–water partition coefficient (Wildman–Crippen LogP) is 3.59. The van der Waals surface area contributed by atoms with Crippen molar-refractivity contribution in [3.8, 4) is 5.75 Å². The number of rotatable bonds is 15. The third-order valence-electron chi connectivity index (χ3n) is 4.91. The zero-order chi connectivity index (χ0) is 20.3. The molecule has 0 amide bonds. The summed E-state index contributed by atoms with van der Waals surface area (Å²) >= 11 is 0. The second kappa shape index (κ2) is 12.1. The molecule has 3 rings (SSSR count). The molecule has 160 valence electrons. The maximum atomic E-state index is 5.76. The first-order valence-electron chi connectivity index (χ1n) is 10.2. The fourth-order valence-electron chi connectivity index (χ4n) is 3.18. The van der Waals surface area contributed by atoms with Crippen LogP contribution in [0.4, 0.5) is 0 Å². The van der Waals surface area contributed by atoms with E-state index in [1.54, 1.807) is 14.2 Å². The summed E-state index contributed by atoms with van der Waals surface area (Å²) in [6.07, 6.45) is 3.26. The second-order valence-corrected chi connectivity index (χ2v) is 7.24. The number of fused-ring (bicyclic) bond motifs is 1. The Morgan fingerprint density at radius 3 is 2.62 bits per heavy atom. The number of epoxide rings is 1. The Kier molecular flexibility index (Phi) is 9.18. The highest BCUT2D eigenvalue weighted by Crippen LogP contribution is 2.22. The number of hydrogen-bond donors (Lipinski definition) is 0. The van der Waals surface area contributed by atoms with Crippen LogP contribution >= 0.6 is 0 Å². The minimum absolute atomic E-state index is 0.0198. The van der Waals surface area contributed by atoms with E-state index in [9.17, 15) is 0 Å². The summed E-state index contributed by atoms with van der Waals surface area (Å²) in [6.45, 7) is 3.45. The lowest BCUT2D eigenvalue weighted by Gasteiger charge is -2.17. The quantitative estimate of drug-likeness (QED) is 0.257. The lowest BCUT2D eigenvalue weighted by Crippen LogP contribution is -2.23. The Hall–Kier alpha value is -1.70. The van der Waals surface area contributed by atoms with Crippen LogP contribution in [0.2, 0.25) is 0 Å². The van der Waals surface area contributed by atoms with Gasteiger partial charge in [0.2, 0.25) is 0 Å². The van der Waals surface area contributed by atoms with Gasteiger partial charge in [0.1, 0.15) is 18.6 Å². The molecule has 6 nitrogen and oxygen atoms in total. The maximum absolute atomic E-state index is 5.76. The number of ether oxygens (including phenoxy) is 6. The third kappa shape index (κ3) is 7.91. The van der Waals surface area contributed by atoms with Crippen molar-refractivity contribution in [2.45, 2.75) is 31.5 Å². The summed E-state index contributed by atoms with van der Waals surface area (Å²) in [7, 11) is 3.33. The zero-order valence-electron chi connectivity index (χ0n) is 17.4. The van der Waals surface area contributed by atoms with Gasteiger partial charge in [0.15, 0.2) is 0 Å². The molecule has 1 heterocycles. The molecule has 1 aliphatic rings. The minimum Gasteiger partial charge on any atom is -0.497 e. The summed E-state index contributed by atoms with van der Waals surface area (Å²) < 4.78 is 32.4. The number of aryl methyl sites for hydroxylation is 1. The Labute approximate surface area is 173 Å². The van der Waals surface area contributed by atoms with Crippen molar-refractivity contribution in [1.82, 2.24) is 0 Å². The third-order valence-corrected chi connectivity index (χ3v) is 4.91. The summed E-state index contributed by atoms with van der Waals surface area (Å²) in [5, 5.41) is 2.42. The molecule has 1 fully saturated rings. The monoisotopic (exact) mass is 404 g/mol. The normalized spacial score (nSPS) is 16.8. The summed E-state index contributed by atoms with van der Waals surface area (Å²) in [5.41, 5.74) is 1.32. The number of benzene rings is 2. The van der Waals surface area contributed by atoms with E-state index < -0.39 is 0 Å². The van der Waals surface area contributed by atoms with Crippen LogP contribution in [0, 0.1) is 0 Å². The van der Waals surface area contributed by atoms with Crippen LogP contribution in [0.5, 0.6) is 5.75 Å². The SMILES string of the molecule is COCO[C@@H](CCCc1ccc2cc(OC)ccc2c1)COCCOC[C@@H]1CO1. The van der Waals surface area contributed by atoms with Gasteiger partial charge in [0.25, 0.3) is 0 Å². The van der Waals surface area contributed by atoms with Gasteiger partial charge in [-0.15, -0.1) is 0 Å².